The minimum absolute atomic E-state index is 0.269. The molecule has 0 aliphatic carbocycles. The molecule has 2 aromatic carbocycles. The standard InChI is InChI=1S/C20H19FN2O3S/c1-3-26-17-8-7-14(11-18(17)25-2)19(24)23-20-22-12-16(27-20)10-13-5-4-6-15(21)9-13/h4-9,11-12H,3,10H2,1-2H3,(H,22,23,24). The number of benzene rings is 2. The van der Waals surface area contributed by atoms with Crippen molar-refractivity contribution in [2.24, 2.45) is 0 Å². The largest absolute Gasteiger partial charge is 0.493 e. The Labute approximate surface area is 160 Å². The number of nitrogens with zero attached hydrogens (tertiary/aromatic N) is 1. The van der Waals surface area contributed by atoms with Crippen LogP contribution in [0.15, 0.2) is 48.7 Å². The lowest BCUT2D eigenvalue weighted by Crippen LogP contribution is -2.12. The molecule has 3 rings (SSSR count). The number of hydrogen-bond donors (Lipinski definition) is 1. The molecule has 0 saturated heterocycles. The van der Waals surface area contributed by atoms with Gasteiger partial charge in [-0.2, -0.15) is 0 Å². The number of ether oxygens (including phenoxy) is 2. The Balaban J connectivity index is 1.69. The molecule has 7 heteroatoms. The van der Waals surface area contributed by atoms with E-state index in [1.165, 1.54) is 30.6 Å². The van der Waals surface area contributed by atoms with Gasteiger partial charge in [-0.05, 0) is 42.8 Å². The topological polar surface area (TPSA) is 60.5 Å². The summed E-state index contributed by atoms with van der Waals surface area (Å²) in [6.45, 7) is 2.39. The number of rotatable bonds is 7. The van der Waals surface area contributed by atoms with Gasteiger partial charge in [-0.25, -0.2) is 9.37 Å². The quantitative estimate of drug-likeness (QED) is 0.648. The summed E-state index contributed by atoms with van der Waals surface area (Å²) in [5.74, 6) is 0.525. The molecule has 1 aromatic heterocycles. The summed E-state index contributed by atoms with van der Waals surface area (Å²) in [4.78, 5) is 17.6. The second-order valence-corrected chi connectivity index (χ2v) is 6.81. The summed E-state index contributed by atoms with van der Waals surface area (Å²) >= 11 is 1.36. The summed E-state index contributed by atoms with van der Waals surface area (Å²) in [5.41, 5.74) is 1.30. The van der Waals surface area contributed by atoms with E-state index in [1.807, 2.05) is 13.0 Å². The van der Waals surface area contributed by atoms with E-state index in [1.54, 1.807) is 30.5 Å². The fourth-order valence-corrected chi connectivity index (χ4v) is 3.39. The minimum atomic E-state index is -0.289. The van der Waals surface area contributed by atoms with Gasteiger partial charge in [0.2, 0.25) is 0 Å². The monoisotopic (exact) mass is 386 g/mol. The van der Waals surface area contributed by atoms with Gasteiger partial charge in [0.1, 0.15) is 5.82 Å². The zero-order chi connectivity index (χ0) is 19.2. The molecule has 1 N–H and O–H groups in total. The van der Waals surface area contributed by atoms with Gasteiger partial charge in [0.15, 0.2) is 16.6 Å². The maximum Gasteiger partial charge on any atom is 0.257 e. The molecule has 1 amide bonds. The number of halogens is 1. The highest BCUT2D eigenvalue weighted by atomic mass is 32.1. The molecule has 3 aromatic rings. The Kier molecular flexibility index (Phi) is 6.03. The molecule has 0 bridgehead atoms. The highest BCUT2D eigenvalue weighted by molar-refractivity contribution is 7.15. The number of thiazole rings is 1. The normalized spacial score (nSPS) is 10.5. The summed E-state index contributed by atoms with van der Waals surface area (Å²) in [6, 6.07) is 11.4. The molecule has 0 atom stereocenters. The van der Waals surface area contributed by atoms with Crippen molar-refractivity contribution in [3.8, 4) is 11.5 Å². The molecule has 0 saturated carbocycles. The number of nitrogens with one attached hydrogen (secondary N) is 1. The third-order valence-electron chi connectivity index (χ3n) is 3.77. The van der Waals surface area contributed by atoms with Crippen LogP contribution in [0.2, 0.25) is 0 Å². The van der Waals surface area contributed by atoms with Crippen LogP contribution in [0.5, 0.6) is 11.5 Å². The van der Waals surface area contributed by atoms with Gasteiger partial charge in [0.05, 0.1) is 13.7 Å². The fraction of sp³-hybridized carbons (Fsp3) is 0.200. The molecule has 0 aliphatic rings. The first-order chi connectivity index (χ1) is 13.1. The first-order valence-electron chi connectivity index (χ1n) is 8.40. The molecular formula is C20H19FN2O3S. The molecule has 27 heavy (non-hydrogen) atoms. The van der Waals surface area contributed by atoms with Crippen LogP contribution in [-0.4, -0.2) is 24.6 Å². The number of anilines is 1. The van der Waals surface area contributed by atoms with Crippen molar-refractivity contribution in [3.63, 3.8) is 0 Å². The van der Waals surface area contributed by atoms with Crippen LogP contribution in [0.4, 0.5) is 9.52 Å². The fourth-order valence-electron chi connectivity index (χ4n) is 2.55. The van der Waals surface area contributed by atoms with Gasteiger partial charge < -0.3 is 9.47 Å². The third kappa shape index (κ3) is 4.83. The minimum Gasteiger partial charge on any atom is -0.493 e. The number of carbonyl (C=O) groups excluding carboxylic acids is 1. The second-order valence-electron chi connectivity index (χ2n) is 5.69. The van der Waals surface area contributed by atoms with E-state index in [-0.39, 0.29) is 11.7 Å². The van der Waals surface area contributed by atoms with Gasteiger partial charge in [-0.15, -0.1) is 11.3 Å². The molecule has 0 unspecified atom stereocenters. The van der Waals surface area contributed by atoms with E-state index in [0.29, 0.717) is 35.2 Å². The highest BCUT2D eigenvalue weighted by Crippen LogP contribution is 2.29. The molecule has 0 aliphatic heterocycles. The predicted molar refractivity (Wildman–Crippen MR) is 103 cm³/mol. The van der Waals surface area contributed by atoms with Crippen LogP contribution < -0.4 is 14.8 Å². The van der Waals surface area contributed by atoms with Crippen molar-refractivity contribution in [3.05, 3.63) is 70.5 Å². The van der Waals surface area contributed by atoms with Gasteiger partial charge in [-0.3, -0.25) is 10.1 Å². The zero-order valence-electron chi connectivity index (χ0n) is 15.0. The Morgan fingerprint density at radius 1 is 1.22 bits per heavy atom. The Morgan fingerprint density at radius 3 is 2.81 bits per heavy atom. The molecule has 0 fully saturated rings. The van der Waals surface area contributed by atoms with Crippen molar-refractivity contribution < 1.29 is 18.7 Å². The van der Waals surface area contributed by atoms with Gasteiger partial charge in [0, 0.05) is 23.1 Å². The van der Waals surface area contributed by atoms with Crippen LogP contribution >= 0.6 is 11.3 Å². The van der Waals surface area contributed by atoms with Crippen molar-refractivity contribution >= 4 is 22.4 Å². The maximum atomic E-state index is 13.3. The summed E-state index contributed by atoms with van der Waals surface area (Å²) in [7, 11) is 1.53. The van der Waals surface area contributed by atoms with Crippen LogP contribution in [0.3, 0.4) is 0 Å². The first kappa shape index (κ1) is 18.8. The predicted octanol–water partition coefficient (Wildman–Crippen LogP) is 4.53. The van der Waals surface area contributed by atoms with Crippen LogP contribution in [0, 0.1) is 5.82 Å². The lowest BCUT2D eigenvalue weighted by Gasteiger charge is -2.10. The lowest BCUT2D eigenvalue weighted by atomic mass is 10.1. The first-order valence-corrected chi connectivity index (χ1v) is 9.22. The molecule has 5 nitrogen and oxygen atoms in total. The molecule has 140 valence electrons. The van der Waals surface area contributed by atoms with E-state index >= 15 is 0 Å². The van der Waals surface area contributed by atoms with E-state index in [2.05, 4.69) is 10.3 Å². The molecular weight excluding hydrogens is 367 g/mol. The van der Waals surface area contributed by atoms with E-state index < -0.39 is 0 Å². The number of aromatic nitrogens is 1. The van der Waals surface area contributed by atoms with Crippen LogP contribution in [0.25, 0.3) is 0 Å². The molecule has 1 heterocycles. The Bertz CT molecular complexity index is 942. The summed E-state index contributed by atoms with van der Waals surface area (Å²) < 4.78 is 24.0. The van der Waals surface area contributed by atoms with Crippen molar-refractivity contribution in [2.45, 2.75) is 13.3 Å². The van der Waals surface area contributed by atoms with Crippen molar-refractivity contribution in [1.29, 1.82) is 0 Å². The molecule has 0 radical (unpaired) electrons. The van der Waals surface area contributed by atoms with Crippen LogP contribution in [0.1, 0.15) is 27.7 Å². The smallest absolute Gasteiger partial charge is 0.257 e. The van der Waals surface area contributed by atoms with Crippen molar-refractivity contribution in [2.75, 3.05) is 19.0 Å². The van der Waals surface area contributed by atoms with Crippen molar-refractivity contribution in [1.82, 2.24) is 4.98 Å². The number of methoxy groups -OCH3 is 1. The average molecular weight is 386 g/mol. The van der Waals surface area contributed by atoms with Gasteiger partial charge in [0.25, 0.3) is 5.91 Å². The second kappa shape index (κ2) is 8.64. The average Bonchev–Trinajstić information content (AvgIpc) is 3.09. The Morgan fingerprint density at radius 2 is 2.07 bits per heavy atom. The lowest BCUT2D eigenvalue weighted by molar-refractivity contribution is 0.102. The number of carbonyl (C=O) groups is 1. The van der Waals surface area contributed by atoms with E-state index in [0.717, 1.165) is 10.4 Å². The van der Waals surface area contributed by atoms with E-state index in [9.17, 15) is 9.18 Å². The Hall–Kier alpha value is -2.93. The number of hydrogen-bond acceptors (Lipinski definition) is 5. The summed E-state index contributed by atoms with van der Waals surface area (Å²) in [6.07, 6.45) is 2.24. The van der Waals surface area contributed by atoms with Gasteiger partial charge in [-0.1, -0.05) is 12.1 Å². The molecule has 0 spiro atoms. The van der Waals surface area contributed by atoms with Crippen LogP contribution in [-0.2, 0) is 6.42 Å². The summed E-state index contributed by atoms with van der Waals surface area (Å²) in [5, 5.41) is 3.26. The number of amides is 1. The van der Waals surface area contributed by atoms with E-state index in [4.69, 9.17) is 9.47 Å². The third-order valence-corrected chi connectivity index (χ3v) is 4.68. The van der Waals surface area contributed by atoms with Gasteiger partial charge >= 0.3 is 0 Å². The zero-order valence-corrected chi connectivity index (χ0v) is 15.8. The maximum absolute atomic E-state index is 13.3. The SMILES string of the molecule is CCOc1ccc(C(=O)Nc2ncc(Cc3cccc(F)c3)s2)cc1OC. The highest BCUT2D eigenvalue weighted by Gasteiger charge is 2.13.